The zero-order valence-corrected chi connectivity index (χ0v) is 12.1. The van der Waals surface area contributed by atoms with Crippen LogP contribution in [0.1, 0.15) is 17.9 Å². The first-order chi connectivity index (χ1) is 10.2. The summed E-state index contributed by atoms with van der Waals surface area (Å²) < 4.78 is 2.05. The Morgan fingerprint density at radius 3 is 2.71 bits per heavy atom. The molecule has 1 atom stereocenters. The minimum Gasteiger partial charge on any atom is -0.393 e. The molecule has 0 aliphatic heterocycles. The lowest BCUT2D eigenvalue weighted by Crippen LogP contribution is -2.15. The fourth-order valence-electron chi connectivity index (χ4n) is 2.55. The van der Waals surface area contributed by atoms with E-state index >= 15 is 0 Å². The molecule has 2 heterocycles. The Balaban J connectivity index is 1.66. The lowest BCUT2D eigenvalue weighted by atomic mass is 10.1. The fourth-order valence-corrected chi connectivity index (χ4v) is 2.55. The first-order valence-corrected chi connectivity index (χ1v) is 7.22. The maximum absolute atomic E-state index is 10.2. The van der Waals surface area contributed by atoms with Crippen molar-refractivity contribution in [3.05, 3.63) is 60.2 Å². The maximum Gasteiger partial charge on any atom is 0.112 e. The number of imidazole rings is 1. The van der Waals surface area contributed by atoms with Crippen molar-refractivity contribution in [1.82, 2.24) is 14.5 Å². The van der Waals surface area contributed by atoms with Crippen LogP contribution in [0.3, 0.4) is 0 Å². The molecule has 0 saturated carbocycles. The van der Waals surface area contributed by atoms with Crippen molar-refractivity contribution < 1.29 is 5.11 Å². The van der Waals surface area contributed by atoms with Gasteiger partial charge in [-0.05, 0) is 37.1 Å². The number of aliphatic hydroxyl groups is 1. The maximum atomic E-state index is 10.2. The van der Waals surface area contributed by atoms with E-state index in [0.717, 1.165) is 29.0 Å². The van der Waals surface area contributed by atoms with E-state index in [4.69, 9.17) is 0 Å². The number of aromatic nitrogens is 3. The van der Waals surface area contributed by atoms with Gasteiger partial charge in [0.25, 0.3) is 0 Å². The summed E-state index contributed by atoms with van der Waals surface area (Å²) in [5.41, 5.74) is 3.10. The Bertz CT molecular complexity index is 721. The highest BCUT2D eigenvalue weighted by Crippen LogP contribution is 2.16. The van der Waals surface area contributed by atoms with E-state index in [-0.39, 0.29) is 0 Å². The summed E-state index contributed by atoms with van der Waals surface area (Å²) in [6.45, 7) is 0. The van der Waals surface area contributed by atoms with Crippen LogP contribution in [0.4, 0.5) is 0 Å². The quantitative estimate of drug-likeness (QED) is 0.781. The molecule has 4 nitrogen and oxygen atoms in total. The molecule has 0 saturated heterocycles. The number of para-hydroxylation sites is 2. The number of pyridine rings is 1. The zero-order valence-electron chi connectivity index (χ0n) is 12.1. The van der Waals surface area contributed by atoms with Crippen LogP contribution in [0.15, 0.2) is 48.7 Å². The molecule has 0 aliphatic carbocycles. The Hall–Kier alpha value is -2.20. The van der Waals surface area contributed by atoms with Crippen molar-refractivity contribution in [3.63, 3.8) is 0 Å². The Morgan fingerprint density at radius 2 is 1.95 bits per heavy atom. The molecule has 21 heavy (non-hydrogen) atoms. The minimum atomic E-state index is -0.400. The standard InChI is InChI=1S/C17H19N3O/c1-20-16-8-3-2-7-15(16)19-17(20)12-14(21)10-9-13-6-4-5-11-18-13/h2-8,11,14,21H,9-10,12H2,1H3. The van der Waals surface area contributed by atoms with Crippen LogP contribution >= 0.6 is 0 Å². The zero-order chi connectivity index (χ0) is 14.7. The topological polar surface area (TPSA) is 50.9 Å². The molecule has 0 fully saturated rings. The molecular formula is C17H19N3O. The number of rotatable bonds is 5. The number of hydrogen-bond acceptors (Lipinski definition) is 3. The lowest BCUT2D eigenvalue weighted by Gasteiger charge is -2.10. The summed E-state index contributed by atoms with van der Waals surface area (Å²) in [5.74, 6) is 0.921. The van der Waals surface area contributed by atoms with Gasteiger partial charge in [0, 0.05) is 25.4 Å². The van der Waals surface area contributed by atoms with Crippen LogP contribution in [0.5, 0.6) is 0 Å². The highest BCUT2D eigenvalue weighted by Gasteiger charge is 2.12. The van der Waals surface area contributed by atoms with Gasteiger partial charge in [-0.2, -0.15) is 0 Å². The van der Waals surface area contributed by atoms with Crippen LogP contribution in [0, 0.1) is 0 Å². The molecule has 3 aromatic rings. The van der Waals surface area contributed by atoms with Gasteiger partial charge >= 0.3 is 0 Å². The van der Waals surface area contributed by atoms with E-state index in [1.807, 2.05) is 49.5 Å². The average molecular weight is 281 g/mol. The van der Waals surface area contributed by atoms with Gasteiger partial charge in [0.05, 0.1) is 17.1 Å². The summed E-state index contributed by atoms with van der Waals surface area (Å²) in [6.07, 6.45) is 3.43. The molecule has 3 rings (SSSR count). The van der Waals surface area contributed by atoms with E-state index in [1.165, 1.54) is 0 Å². The third kappa shape index (κ3) is 3.11. The van der Waals surface area contributed by atoms with Crippen LogP contribution in [-0.2, 0) is 19.9 Å². The van der Waals surface area contributed by atoms with Crippen molar-refractivity contribution in [2.24, 2.45) is 7.05 Å². The first kappa shape index (κ1) is 13.8. The van der Waals surface area contributed by atoms with Gasteiger partial charge in [0.2, 0.25) is 0 Å². The fraction of sp³-hybridized carbons (Fsp3) is 0.294. The number of aryl methyl sites for hydroxylation is 2. The van der Waals surface area contributed by atoms with Gasteiger partial charge in [-0.3, -0.25) is 4.98 Å². The number of fused-ring (bicyclic) bond motifs is 1. The smallest absolute Gasteiger partial charge is 0.112 e. The van der Waals surface area contributed by atoms with Crippen molar-refractivity contribution in [1.29, 1.82) is 0 Å². The van der Waals surface area contributed by atoms with Gasteiger partial charge in [-0.15, -0.1) is 0 Å². The summed E-state index contributed by atoms with van der Waals surface area (Å²) in [4.78, 5) is 8.87. The average Bonchev–Trinajstić information content (AvgIpc) is 2.83. The van der Waals surface area contributed by atoms with Crippen molar-refractivity contribution >= 4 is 11.0 Å². The first-order valence-electron chi connectivity index (χ1n) is 7.22. The summed E-state index contributed by atoms with van der Waals surface area (Å²) >= 11 is 0. The highest BCUT2D eigenvalue weighted by molar-refractivity contribution is 5.75. The summed E-state index contributed by atoms with van der Waals surface area (Å²) in [6, 6.07) is 13.9. The molecule has 0 aliphatic rings. The number of benzene rings is 1. The van der Waals surface area contributed by atoms with Gasteiger partial charge in [0.15, 0.2) is 0 Å². The predicted octanol–water partition coefficient (Wildman–Crippen LogP) is 2.50. The number of nitrogens with zero attached hydrogens (tertiary/aromatic N) is 3. The lowest BCUT2D eigenvalue weighted by molar-refractivity contribution is 0.161. The summed E-state index contributed by atoms with van der Waals surface area (Å²) in [5, 5.41) is 10.2. The van der Waals surface area contributed by atoms with Crippen molar-refractivity contribution in [3.8, 4) is 0 Å². The van der Waals surface area contributed by atoms with Gasteiger partial charge in [-0.1, -0.05) is 18.2 Å². The molecule has 108 valence electrons. The second kappa shape index (κ2) is 6.06. The molecule has 2 aromatic heterocycles. The van der Waals surface area contributed by atoms with Gasteiger partial charge in [-0.25, -0.2) is 4.98 Å². The van der Waals surface area contributed by atoms with Gasteiger partial charge in [0.1, 0.15) is 5.82 Å². The molecule has 1 N–H and O–H groups in total. The normalized spacial score (nSPS) is 12.7. The molecule has 1 unspecified atom stereocenters. The Kier molecular flexibility index (Phi) is 3.97. The molecule has 4 heteroatoms. The SMILES string of the molecule is Cn1c(CC(O)CCc2ccccn2)nc2ccccc21. The Morgan fingerprint density at radius 1 is 1.14 bits per heavy atom. The van der Waals surface area contributed by atoms with E-state index in [9.17, 15) is 5.11 Å². The third-order valence-electron chi connectivity index (χ3n) is 3.76. The summed E-state index contributed by atoms with van der Waals surface area (Å²) in [7, 11) is 2.00. The second-order valence-corrected chi connectivity index (χ2v) is 5.29. The van der Waals surface area contributed by atoms with E-state index in [1.54, 1.807) is 6.20 Å². The van der Waals surface area contributed by atoms with Crippen LogP contribution in [-0.4, -0.2) is 25.7 Å². The molecule has 0 spiro atoms. The van der Waals surface area contributed by atoms with Crippen LogP contribution in [0.2, 0.25) is 0 Å². The van der Waals surface area contributed by atoms with Crippen LogP contribution < -0.4 is 0 Å². The largest absolute Gasteiger partial charge is 0.393 e. The molecule has 0 bridgehead atoms. The highest BCUT2D eigenvalue weighted by atomic mass is 16.3. The van der Waals surface area contributed by atoms with E-state index < -0.39 is 6.10 Å². The number of aliphatic hydroxyl groups excluding tert-OH is 1. The molecular weight excluding hydrogens is 262 g/mol. The molecule has 0 amide bonds. The van der Waals surface area contributed by atoms with Crippen molar-refractivity contribution in [2.45, 2.75) is 25.4 Å². The minimum absolute atomic E-state index is 0.400. The van der Waals surface area contributed by atoms with Crippen molar-refractivity contribution in [2.75, 3.05) is 0 Å². The van der Waals surface area contributed by atoms with E-state index in [2.05, 4.69) is 14.5 Å². The second-order valence-electron chi connectivity index (χ2n) is 5.29. The molecule has 1 aromatic carbocycles. The predicted molar refractivity (Wildman–Crippen MR) is 83.0 cm³/mol. The number of hydrogen-bond donors (Lipinski definition) is 1. The Labute approximate surface area is 124 Å². The van der Waals surface area contributed by atoms with E-state index in [0.29, 0.717) is 12.8 Å². The van der Waals surface area contributed by atoms with Crippen LogP contribution in [0.25, 0.3) is 11.0 Å². The third-order valence-corrected chi connectivity index (χ3v) is 3.76. The molecule has 0 radical (unpaired) electrons. The monoisotopic (exact) mass is 281 g/mol. The van der Waals surface area contributed by atoms with Gasteiger partial charge < -0.3 is 9.67 Å².